The zero-order chi connectivity index (χ0) is 20.7. The third-order valence-corrected chi connectivity index (χ3v) is 5.14. The molecule has 0 saturated carbocycles. The van der Waals surface area contributed by atoms with Crippen LogP contribution < -0.4 is 14.8 Å². The summed E-state index contributed by atoms with van der Waals surface area (Å²) in [6.07, 6.45) is 0. The van der Waals surface area contributed by atoms with Gasteiger partial charge >= 0.3 is 5.97 Å². The molecule has 2 aromatic carbocycles. The third-order valence-electron chi connectivity index (χ3n) is 3.73. The zero-order valence-electron chi connectivity index (χ0n) is 15.8. The van der Waals surface area contributed by atoms with E-state index in [-0.39, 0.29) is 17.1 Å². The first-order valence-corrected chi connectivity index (χ1v) is 9.96. The molecule has 28 heavy (non-hydrogen) atoms. The van der Waals surface area contributed by atoms with Crippen molar-refractivity contribution in [2.24, 2.45) is 0 Å². The Morgan fingerprint density at radius 3 is 2.36 bits per heavy atom. The van der Waals surface area contributed by atoms with Gasteiger partial charge in [-0.3, -0.25) is 4.79 Å². The minimum atomic E-state index is -3.92. The van der Waals surface area contributed by atoms with Gasteiger partial charge in [-0.05, 0) is 55.8 Å². The fourth-order valence-corrected chi connectivity index (χ4v) is 3.32. The molecule has 0 fully saturated rings. The molecule has 0 aliphatic heterocycles. The molecule has 2 aromatic rings. The van der Waals surface area contributed by atoms with Crippen molar-refractivity contribution in [3.05, 3.63) is 53.6 Å². The molecule has 2 N–H and O–H groups in total. The van der Waals surface area contributed by atoms with Gasteiger partial charge in [0.15, 0.2) is 0 Å². The van der Waals surface area contributed by atoms with Crippen LogP contribution in [0.1, 0.15) is 22.8 Å². The lowest BCUT2D eigenvalue weighted by molar-refractivity contribution is -0.115. The minimum Gasteiger partial charge on any atom is -0.495 e. The van der Waals surface area contributed by atoms with E-state index < -0.39 is 28.4 Å². The summed E-state index contributed by atoms with van der Waals surface area (Å²) in [5, 5.41) is 2.61. The van der Waals surface area contributed by atoms with Gasteiger partial charge < -0.3 is 14.8 Å². The highest BCUT2D eigenvalue weighted by Crippen LogP contribution is 2.25. The van der Waals surface area contributed by atoms with Crippen LogP contribution in [-0.2, 0) is 19.6 Å². The number of carbonyl (C=O) groups is 2. The van der Waals surface area contributed by atoms with Crippen LogP contribution >= 0.6 is 0 Å². The van der Waals surface area contributed by atoms with Crippen LogP contribution in [0.2, 0.25) is 0 Å². The Bertz CT molecular complexity index is 955. The first kappa shape index (κ1) is 21.4. The van der Waals surface area contributed by atoms with Crippen LogP contribution in [0.3, 0.4) is 0 Å². The fourth-order valence-electron chi connectivity index (χ4n) is 2.34. The SMILES string of the molecule is CCOC(=O)c1ccc(S(=O)(=O)NCC(=O)Nc2cc(C)ccc2OC)cc1. The lowest BCUT2D eigenvalue weighted by Gasteiger charge is -2.12. The van der Waals surface area contributed by atoms with Gasteiger partial charge in [0.2, 0.25) is 15.9 Å². The highest BCUT2D eigenvalue weighted by atomic mass is 32.2. The summed E-state index contributed by atoms with van der Waals surface area (Å²) in [5.74, 6) is -0.613. The topological polar surface area (TPSA) is 111 Å². The minimum absolute atomic E-state index is 0.0681. The number of amides is 1. The number of nitrogens with one attached hydrogen (secondary N) is 2. The van der Waals surface area contributed by atoms with Gasteiger partial charge in [0.05, 0.1) is 36.4 Å². The van der Waals surface area contributed by atoms with E-state index in [1.165, 1.54) is 31.4 Å². The Morgan fingerprint density at radius 1 is 1.07 bits per heavy atom. The molecule has 2 rings (SSSR count). The van der Waals surface area contributed by atoms with Crippen molar-refractivity contribution >= 4 is 27.6 Å². The van der Waals surface area contributed by atoms with Crippen LogP contribution in [0.4, 0.5) is 5.69 Å². The second kappa shape index (κ2) is 9.34. The molecular weight excluding hydrogens is 384 g/mol. The lowest BCUT2D eigenvalue weighted by Crippen LogP contribution is -2.33. The summed E-state index contributed by atoms with van der Waals surface area (Å²) in [4.78, 5) is 23.7. The smallest absolute Gasteiger partial charge is 0.338 e. The van der Waals surface area contributed by atoms with Gasteiger partial charge in [-0.1, -0.05) is 6.07 Å². The number of aryl methyl sites for hydroxylation is 1. The van der Waals surface area contributed by atoms with E-state index in [1.54, 1.807) is 19.1 Å². The fraction of sp³-hybridized carbons (Fsp3) is 0.263. The van der Waals surface area contributed by atoms with Crippen molar-refractivity contribution in [3.8, 4) is 5.75 Å². The number of benzene rings is 2. The molecule has 0 radical (unpaired) electrons. The van der Waals surface area contributed by atoms with Crippen molar-refractivity contribution in [2.45, 2.75) is 18.7 Å². The molecule has 0 atom stereocenters. The molecule has 8 nitrogen and oxygen atoms in total. The Morgan fingerprint density at radius 2 is 1.75 bits per heavy atom. The maximum Gasteiger partial charge on any atom is 0.338 e. The average molecular weight is 406 g/mol. The van der Waals surface area contributed by atoms with E-state index in [9.17, 15) is 18.0 Å². The van der Waals surface area contributed by atoms with Gasteiger partial charge in [-0.2, -0.15) is 0 Å². The predicted molar refractivity (Wildman–Crippen MR) is 104 cm³/mol. The molecule has 1 amide bonds. The van der Waals surface area contributed by atoms with E-state index in [0.717, 1.165) is 5.56 Å². The number of anilines is 1. The van der Waals surface area contributed by atoms with Crippen LogP contribution in [0.5, 0.6) is 5.75 Å². The Kier molecular flexibility index (Phi) is 7.13. The number of rotatable bonds is 8. The second-order valence-electron chi connectivity index (χ2n) is 5.82. The molecule has 150 valence electrons. The van der Waals surface area contributed by atoms with Crippen LogP contribution in [-0.4, -0.2) is 40.6 Å². The van der Waals surface area contributed by atoms with Crippen LogP contribution in [0.25, 0.3) is 0 Å². The summed E-state index contributed by atoms with van der Waals surface area (Å²) in [7, 11) is -2.45. The quantitative estimate of drug-likeness (QED) is 0.650. The largest absolute Gasteiger partial charge is 0.495 e. The number of hydrogen-bond donors (Lipinski definition) is 2. The number of esters is 1. The summed E-state index contributed by atoms with van der Waals surface area (Å²) >= 11 is 0. The number of ether oxygens (including phenoxy) is 2. The summed E-state index contributed by atoms with van der Waals surface area (Å²) in [6.45, 7) is 3.30. The molecule has 0 aliphatic rings. The molecule has 0 spiro atoms. The number of sulfonamides is 1. The van der Waals surface area contributed by atoms with Crippen molar-refractivity contribution in [3.63, 3.8) is 0 Å². The van der Waals surface area contributed by atoms with Crippen molar-refractivity contribution in [2.75, 3.05) is 25.6 Å². The van der Waals surface area contributed by atoms with Crippen LogP contribution in [0, 0.1) is 6.92 Å². The van der Waals surface area contributed by atoms with Gasteiger partial charge in [0, 0.05) is 0 Å². The first-order valence-electron chi connectivity index (χ1n) is 8.48. The number of carbonyl (C=O) groups excluding carboxylic acids is 2. The monoisotopic (exact) mass is 406 g/mol. The van der Waals surface area contributed by atoms with Gasteiger partial charge in [0.25, 0.3) is 0 Å². The molecule has 9 heteroatoms. The van der Waals surface area contributed by atoms with Crippen molar-refractivity contribution in [1.82, 2.24) is 4.72 Å². The van der Waals surface area contributed by atoms with E-state index in [2.05, 4.69) is 10.0 Å². The van der Waals surface area contributed by atoms with Crippen LogP contribution in [0.15, 0.2) is 47.4 Å². The van der Waals surface area contributed by atoms with Gasteiger partial charge in [0.1, 0.15) is 5.75 Å². The average Bonchev–Trinajstić information content (AvgIpc) is 2.67. The van der Waals surface area contributed by atoms with Gasteiger partial charge in [-0.15, -0.1) is 0 Å². The summed E-state index contributed by atoms with van der Waals surface area (Å²) < 4.78 is 36.9. The molecule has 0 heterocycles. The van der Waals surface area contributed by atoms with E-state index in [1.807, 2.05) is 13.0 Å². The normalized spacial score (nSPS) is 11.0. The van der Waals surface area contributed by atoms with Crippen molar-refractivity contribution < 1.29 is 27.5 Å². The van der Waals surface area contributed by atoms with Crippen molar-refractivity contribution in [1.29, 1.82) is 0 Å². The summed E-state index contributed by atoms with van der Waals surface area (Å²) in [6, 6.07) is 10.5. The number of hydrogen-bond acceptors (Lipinski definition) is 6. The molecule has 0 unspecified atom stereocenters. The van der Waals surface area contributed by atoms with E-state index in [0.29, 0.717) is 11.4 Å². The maximum atomic E-state index is 12.3. The van der Waals surface area contributed by atoms with Gasteiger partial charge in [-0.25, -0.2) is 17.9 Å². The highest BCUT2D eigenvalue weighted by Gasteiger charge is 2.17. The Hall–Kier alpha value is -2.91. The molecule has 0 saturated heterocycles. The zero-order valence-corrected chi connectivity index (χ0v) is 16.6. The molecular formula is C19H22N2O6S. The second-order valence-corrected chi connectivity index (χ2v) is 7.59. The Balaban J connectivity index is 2.02. The highest BCUT2D eigenvalue weighted by molar-refractivity contribution is 7.89. The standard InChI is InChI=1S/C19H22N2O6S/c1-4-27-19(23)14-6-8-15(9-7-14)28(24,25)20-12-18(22)21-16-11-13(2)5-10-17(16)26-3/h5-11,20H,4,12H2,1-3H3,(H,21,22). The van der Waals surface area contributed by atoms with E-state index in [4.69, 9.17) is 9.47 Å². The molecule has 0 aliphatic carbocycles. The Labute approximate surface area is 163 Å². The lowest BCUT2D eigenvalue weighted by atomic mass is 10.2. The summed E-state index contributed by atoms with van der Waals surface area (Å²) in [5.41, 5.74) is 1.61. The molecule has 0 aromatic heterocycles. The van der Waals surface area contributed by atoms with E-state index >= 15 is 0 Å². The predicted octanol–water partition coefficient (Wildman–Crippen LogP) is 2.10. The first-order chi connectivity index (χ1) is 13.3. The molecule has 0 bridgehead atoms. The third kappa shape index (κ3) is 5.54. The number of methoxy groups -OCH3 is 1. The maximum absolute atomic E-state index is 12.3.